The maximum absolute atomic E-state index is 11.2. The van der Waals surface area contributed by atoms with Gasteiger partial charge in [0, 0.05) is 0 Å². The third-order valence-corrected chi connectivity index (χ3v) is 2.98. The number of carboxylic acids is 1. The summed E-state index contributed by atoms with van der Waals surface area (Å²) in [6.45, 7) is 2.90. The summed E-state index contributed by atoms with van der Waals surface area (Å²) in [5.41, 5.74) is 0.164. The predicted octanol–water partition coefficient (Wildman–Crippen LogP) is 2.96. The van der Waals surface area contributed by atoms with Crippen LogP contribution in [0.2, 0.25) is 0 Å². The molecule has 0 bridgehead atoms. The molecule has 1 aliphatic carbocycles. The molecule has 4 heteroatoms. The van der Waals surface area contributed by atoms with E-state index in [1.54, 1.807) is 12.1 Å². The molecule has 1 fully saturated rings. The Labute approximate surface area is 107 Å². The number of hydrogen-bond acceptors (Lipinski definition) is 3. The van der Waals surface area contributed by atoms with Gasteiger partial charge >= 0.3 is 5.97 Å². The molecular formula is C14H18O4. The Kier molecular flexibility index (Phi) is 4.07. The zero-order valence-electron chi connectivity index (χ0n) is 10.5. The molecule has 18 heavy (non-hydrogen) atoms. The van der Waals surface area contributed by atoms with Gasteiger partial charge in [0.05, 0.1) is 13.2 Å². The van der Waals surface area contributed by atoms with Gasteiger partial charge in [-0.25, -0.2) is 4.79 Å². The molecule has 0 aliphatic heterocycles. The summed E-state index contributed by atoms with van der Waals surface area (Å²) < 4.78 is 11.0. The van der Waals surface area contributed by atoms with Crippen molar-refractivity contribution in [1.29, 1.82) is 0 Å². The molecule has 4 nitrogen and oxygen atoms in total. The molecule has 0 amide bonds. The minimum atomic E-state index is -0.988. The first kappa shape index (κ1) is 12.7. The molecule has 2 rings (SSSR count). The molecule has 0 radical (unpaired) electrons. The molecule has 1 aromatic carbocycles. The van der Waals surface area contributed by atoms with Crippen molar-refractivity contribution in [3.63, 3.8) is 0 Å². The molecule has 1 aromatic rings. The fraction of sp³-hybridized carbons (Fsp3) is 0.500. The fourth-order valence-corrected chi connectivity index (χ4v) is 1.84. The third kappa shape index (κ3) is 3.15. The lowest BCUT2D eigenvalue weighted by Gasteiger charge is -2.13. The highest BCUT2D eigenvalue weighted by Crippen LogP contribution is 2.35. The number of carboxylic acid groups (broad SMARTS) is 1. The largest absolute Gasteiger partial charge is 0.490 e. The number of hydrogen-bond donors (Lipinski definition) is 1. The monoisotopic (exact) mass is 250 g/mol. The second-order valence-electron chi connectivity index (χ2n) is 4.45. The maximum atomic E-state index is 11.2. The molecular weight excluding hydrogens is 232 g/mol. The number of ether oxygens (including phenoxy) is 2. The molecule has 0 aromatic heterocycles. The summed E-state index contributed by atoms with van der Waals surface area (Å²) in [5, 5.41) is 9.14. The van der Waals surface area contributed by atoms with Crippen LogP contribution in [-0.4, -0.2) is 24.3 Å². The van der Waals surface area contributed by atoms with Gasteiger partial charge in [0.1, 0.15) is 5.56 Å². The van der Waals surface area contributed by atoms with Crippen LogP contribution >= 0.6 is 0 Å². The Morgan fingerprint density at radius 3 is 2.78 bits per heavy atom. The molecule has 0 spiro atoms. The van der Waals surface area contributed by atoms with E-state index in [-0.39, 0.29) is 5.56 Å². The Hall–Kier alpha value is -1.71. The standard InChI is InChI=1S/C14H18O4/c1-2-17-12-5-3-4-11(14(15)16)13(12)18-9-8-10-6-7-10/h3-5,10H,2,6-9H2,1H3,(H,15,16). The molecule has 0 unspecified atom stereocenters. The van der Waals surface area contributed by atoms with E-state index >= 15 is 0 Å². The van der Waals surface area contributed by atoms with Gasteiger partial charge in [0.25, 0.3) is 0 Å². The van der Waals surface area contributed by atoms with Crippen LogP contribution < -0.4 is 9.47 Å². The van der Waals surface area contributed by atoms with Crippen LogP contribution in [0.25, 0.3) is 0 Å². The fourth-order valence-electron chi connectivity index (χ4n) is 1.84. The number of benzene rings is 1. The molecule has 1 aliphatic rings. The zero-order chi connectivity index (χ0) is 13.0. The van der Waals surface area contributed by atoms with Crippen molar-refractivity contribution in [3.05, 3.63) is 23.8 Å². The number of aromatic carboxylic acids is 1. The first-order valence-electron chi connectivity index (χ1n) is 6.34. The average molecular weight is 250 g/mol. The van der Waals surface area contributed by atoms with Gasteiger partial charge in [-0.05, 0) is 31.4 Å². The molecule has 98 valence electrons. The maximum Gasteiger partial charge on any atom is 0.339 e. The van der Waals surface area contributed by atoms with Crippen molar-refractivity contribution in [2.24, 2.45) is 5.92 Å². The zero-order valence-corrected chi connectivity index (χ0v) is 10.5. The summed E-state index contributed by atoms with van der Waals surface area (Å²) >= 11 is 0. The SMILES string of the molecule is CCOc1cccc(C(=O)O)c1OCCC1CC1. The lowest BCUT2D eigenvalue weighted by atomic mass is 10.2. The van der Waals surface area contributed by atoms with Gasteiger partial charge in [0.15, 0.2) is 11.5 Å². The van der Waals surface area contributed by atoms with Crippen LogP contribution in [0.1, 0.15) is 36.5 Å². The molecule has 1 saturated carbocycles. The van der Waals surface area contributed by atoms with E-state index in [1.165, 1.54) is 18.9 Å². The minimum absolute atomic E-state index is 0.164. The van der Waals surface area contributed by atoms with Gasteiger partial charge < -0.3 is 14.6 Å². The Balaban J connectivity index is 2.12. The van der Waals surface area contributed by atoms with Crippen LogP contribution in [-0.2, 0) is 0 Å². The third-order valence-electron chi connectivity index (χ3n) is 2.98. The van der Waals surface area contributed by atoms with Gasteiger partial charge in [-0.3, -0.25) is 0 Å². The normalized spacial score (nSPS) is 14.3. The molecule has 0 atom stereocenters. The summed E-state index contributed by atoms with van der Waals surface area (Å²) in [7, 11) is 0. The van der Waals surface area contributed by atoms with E-state index in [0.29, 0.717) is 24.7 Å². The van der Waals surface area contributed by atoms with Crippen LogP contribution in [0.4, 0.5) is 0 Å². The van der Waals surface area contributed by atoms with Gasteiger partial charge in [-0.15, -0.1) is 0 Å². The molecule has 1 N–H and O–H groups in total. The highest BCUT2D eigenvalue weighted by Gasteiger charge is 2.22. The second kappa shape index (κ2) is 5.76. The first-order chi connectivity index (χ1) is 8.72. The lowest BCUT2D eigenvalue weighted by molar-refractivity contribution is 0.0691. The van der Waals surface area contributed by atoms with Gasteiger partial charge in [0.2, 0.25) is 0 Å². The van der Waals surface area contributed by atoms with E-state index < -0.39 is 5.97 Å². The van der Waals surface area contributed by atoms with Crippen LogP contribution in [0.15, 0.2) is 18.2 Å². The smallest absolute Gasteiger partial charge is 0.339 e. The van der Waals surface area contributed by atoms with Crippen molar-refractivity contribution in [2.45, 2.75) is 26.2 Å². The van der Waals surface area contributed by atoms with Crippen molar-refractivity contribution in [2.75, 3.05) is 13.2 Å². The number of carbonyl (C=O) groups is 1. The van der Waals surface area contributed by atoms with Crippen molar-refractivity contribution < 1.29 is 19.4 Å². The van der Waals surface area contributed by atoms with Crippen LogP contribution in [0, 0.1) is 5.92 Å². The topological polar surface area (TPSA) is 55.8 Å². The van der Waals surface area contributed by atoms with Gasteiger partial charge in [-0.1, -0.05) is 18.9 Å². The van der Waals surface area contributed by atoms with Gasteiger partial charge in [-0.2, -0.15) is 0 Å². The summed E-state index contributed by atoms with van der Waals surface area (Å²) in [5.74, 6) is 0.635. The summed E-state index contributed by atoms with van der Waals surface area (Å²) in [6.07, 6.45) is 3.52. The molecule has 0 saturated heterocycles. The Morgan fingerprint density at radius 2 is 2.17 bits per heavy atom. The Morgan fingerprint density at radius 1 is 1.39 bits per heavy atom. The quantitative estimate of drug-likeness (QED) is 0.808. The summed E-state index contributed by atoms with van der Waals surface area (Å²) in [4.78, 5) is 11.2. The number of para-hydroxylation sites is 1. The van der Waals surface area contributed by atoms with E-state index in [2.05, 4.69) is 0 Å². The predicted molar refractivity (Wildman–Crippen MR) is 67.4 cm³/mol. The highest BCUT2D eigenvalue weighted by atomic mass is 16.5. The van der Waals surface area contributed by atoms with E-state index in [9.17, 15) is 4.79 Å². The minimum Gasteiger partial charge on any atom is -0.490 e. The van der Waals surface area contributed by atoms with E-state index in [0.717, 1.165) is 12.3 Å². The summed E-state index contributed by atoms with van der Waals surface area (Å²) in [6, 6.07) is 4.95. The first-order valence-corrected chi connectivity index (χ1v) is 6.34. The molecule has 0 heterocycles. The highest BCUT2D eigenvalue weighted by molar-refractivity contribution is 5.92. The second-order valence-corrected chi connectivity index (χ2v) is 4.45. The number of rotatable bonds is 7. The van der Waals surface area contributed by atoms with Crippen LogP contribution in [0.5, 0.6) is 11.5 Å². The van der Waals surface area contributed by atoms with Crippen molar-refractivity contribution in [1.82, 2.24) is 0 Å². The Bertz CT molecular complexity index is 424. The van der Waals surface area contributed by atoms with E-state index in [4.69, 9.17) is 14.6 Å². The van der Waals surface area contributed by atoms with Crippen molar-refractivity contribution >= 4 is 5.97 Å². The van der Waals surface area contributed by atoms with Crippen molar-refractivity contribution in [3.8, 4) is 11.5 Å². The van der Waals surface area contributed by atoms with Crippen LogP contribution in [0.3, 0.4) is 0 Å². The van der Waals surface area contributed by atoms with E-state index in [1.807, 2.05) is 6.92 Å². The lowest BCUT2D eigenvalue weighted by Crippen LogP contribution is -2.07. The average Bonchev–Trinajstić information content (AvgIpc) is 3.15.